The van der Waals surface area contributed by atoms with Crippen LogP contribution in [0.5, 0.6) is 0 Å². The van der Waals surface area contributed by atoms with Crippen molar-refractivity contribution >= 4 is 21.6 Å². The van der Waals surface area contributed by atoms with Crippen LogP contribution in [0.4, 0.5) is 18.9 Å². The van der Waals surface area contributed by atoms with Crippen molar-refractivity contribution in [1.29, 1.82) is 0 Å². The topological polar surface area (TPSA) is 56.1 Å². The van der Waals surface area contributed by atoms with Crippen molar-refractivity contribution in [2.45, 2.75) is 38.1 Å². The van der Waals surface area contributed by atoms with E-state index in [0.29, 0.717) is 23.5 Å². The number of nitrogens with zero attached hydrogens (tertiary/aromatic N) is 2. The van der Waals surface area contributed by atoms with Crippen LogP contribution in [-0.4, -0.2) is 35.2 Å². The van der Waals surface area contributed by atoms with E-state index in [2.05, 4.69) is 26.3 Å². The Hall–Kier alpha value is -1.09. The van der Waals surface area contributed by atoms with Crippen LogP contribution in [0.15, 0.2) is 15.5 Å². The summed E-state index contributed by atoms with van der Waals surface area (Å²) < 4.78 is 42.8. The molecule has 1 atom stereocenters. The molecule has 9 heteroatoms. The van der Waals surface area contributed by atoms with Crippen molar-refractivity contribution in [3.05, 3.63) is 21.0 Å². The van der Waals surface area contributed by atoms with Gasteiger partial charge in [-0.2, -0.15) is 18.3 Å². The maximum Gasteiger partial charge on any atom is 0.408 e. The molecule has 1 aliphatic rings. The van der Waals surface area contributed by atoms with E-state index < -0.39 is 18.3 Å². The fourth-order valence-corrected chi connectivity index (χ4v) is 2.51. The van der Waals surface area contributed by atoms with Crippen LogP contribution in [-0.2, 0) is 11.3 Å². The highest BCUT2D eigenvalue weighted by molar-refractivity contribution is 9.10. The van der Waals surface area contributed by atoms with Crippen LogP contribution in [0.3, 0.4) is 0 Å². The number of ether oxygens (including phenoxy) is 1. The second-order valence-corrected chi connectivity index (χ2v) is 5.61. The van der Waals surface area contributed by atoms with Gasteiger partial charge in [-0.1, -0.05) is 0 Å². The highest BCUT2D eigenvalue weighted by Gasteiger charge is 2.29. The van der Waals surface area contributed by atoms with E-state index in [9.17, 15) is 18.0 Å². The van der Waals surface area contributed by atoms with Crippen LogP contribution < -0.4 is 10.9 Å². The summed E-state index contributed by atoms with van der Waals surface area (Å²) in [6.45, 7) is -0.210. The van der Waals surface area contributed by atoms with E-state index in [0.717, 1.165) is 19.3 Å². The number of rotatable bonds is 4. The number of halogens is 4. The Bertz CT molecular complexity index is 542. The standard InChI is InChI=1S/C12H15BrF3N3O2/c13-10-9(17-5-8-3-1-2-4-21-8)6-18-19(11(10)20)7-12(14,15)16/h6,8,17H,1-5,7H2. The summed E-state index contributed by atoms with van der Waals surface area (Å²) in [6.07, 6.45) is -0.193. The molecular formula is C12H15BrF3N3O2. The first-order chi connectivity index (χ1) is 9.87. The molecule has 1 saturated heterocycles. The predicted octanol–water partition coefficient (Wildman–Crippen LogP) is 2.55. The summed E-state index contributed by atoms with van der Waals surface area (Å²) in [6, 6.07) is 0. The Balaban J connectivity index is 2.04. The van der Waals surface area contributed by atoms with Crippen molar-refractivity contribution in [1.82, 2.24) is 9.78 Å². The average Bonchev–Trinajstić information content (AvgIpc) is 2.43. The number of aromatic nitrogens is 2. The largest absolute Gasteiger partial charge is 0.408 e. The van der Waals surface area contributed by atoms with Crippen LogP contribution >= 0.6 is 15.9 Å². The van der Waals surface area contributed by atoms with Gasteiger partial charge in [0.1, 0.15) is 11.0 Å². The molecular weight excluding hydrogens is 355 g/mol. The molecule has 2 rings (SSSR count). The molecule has 0 aromatic carbocycles. The van der Waals surface area contributed by atoms with E-state index in [1.54, 1.807) is 0 Å². The molecule has 1 fully saturated rings. The fraction of sp³-hybridized carbons (Fsp3) is 0.667. The van der Waals surface area contributed by atoms with Gasteiger partial charge in [0.2, 0.25) is 0 Å². The highest BCUT2D eigenvalue weighted by Crippen LogP contribution is 2.20. The molecule has 21 heavy (non-hydrogen) atoms. The highest BCUT2D eigenvalue weighted by atomic mass is 79.9. The van der Waals surface area contributed by atoms with Crippen LogP contribution in [0.2, 0.25) is 0 Å². The third kappa shape index (κ3) is 4.70. The predicted molar refractivity (Wildman–Crippen MR) is 74.3 cm³/mol. The number of anilines is 1. The molecule has 0 aliphatic carbocycles. The summed E-state index contributed by atoms with van der Waals surface area (Å²) >= 11 is 3.02. The molecule has 5 nitrogen and oxygen atoms in total. The Morgan fingerprint density at radius 1 is 1.48 bits per heavy atom. The van der Waals surface area contributed by atoms with E-state index >= 15 is 0 Å². The Morgan fingerprint density at radius 3 is 2.86 bits per heavy atom. The van der Waals surface area contributed by atoms with Gasteiger partial charge in [0, 0.05) is 13.2 Å². The number of hydrogen-bond acceptors (Lipinski definition) is 4. The van der Waals surface area contributed by atoms with Crippen LogP contribution in [0.25, 0.3) is 0 Å². The molecule has 0 amide bonds. The minimum atomic E-state index is -4.48. The Kier molecular flexibility index (Phi) is 5.26. The van der Waals surface area contributed by atoms with E-state index in [1.807, 2.05) is 0 Å². The minimum Gasteiger partial charge on any atom is -0.380 e. The van der Waals surface area contributed by atoms with E-state index in [4.69, 9.17) is 4.74 Å². The van der Waals surface area contributed by atoms with Gasteiger partial charge in [0.25, 0.3) is 5.56 Å². The molecule has 1 unspecified atom stereocenters. The molecule has 1 aromatic rings. The lowest BCUT2D eigenvalue weighted by molar-refractivity contribution is -0.143. The summed E-state index contributed by atoms with van der Waals surface area (Å²) in [5.41, 5.74) is -0.450. The summed E-state index contributed by atoms with van der Waals surface area (Å²) in [5.74, 6) is 0. The lowest BCUT2D eigenvalue weighted by Gasteiger charge is -2.23. The molecule has 0 radical (unpaired) electrons. The zero-order valence-corrected chi connectivity index (χ0v) is 12.7. The van der Waals surface area contributed by atoms with Gasteiger partial charge < -0.3 is 10.1 Å². The third-order valence-corrected chi connectivity index (χ3v) is 3.87. The third-order valence-electron chi connectivity index (χ3n) is 3.11. The van der Waals surface area contributed by atoms with Crippen molar-refractivity contribution < 1.29 is 17.9 Å². The van der Waals surface area contributed by atoms with Gasteiger partial charge in [0.05, 0.1) is 18.0 Å². The first-order valence-corrected chi connectivity index (χ1v) is 7.34. The van der Waals surface area contributed by atoms with E-state index in [1.165, 1.54) is 6.20 Å². The van der Waals surface area contributed by atoms with Gasteiger partial charge in [-0.15, -0.1) is 0 Å². The van der Waals surface area contributed by atoms with Crippen molar-refractivity contribution in [2.24, 2.45) is 0 Å². The molecule has 118 valence electrons. The SMILES string of the molecule is O=c1c(Br)c(NCC2CCCCO2)cnn1CC(F)(F)F. The van der Waals surface area contributed by atoms with Gasteiger partial charge in [-0.25, -0.2) is 4.68 Å². The fourth-order valence-electron chi connectivity index (χ4n) is 2.06. The molecule has 0 saturated carbocycles. The Labute approximate surface area is 127 Å². The van der Waals surface area contributed by atoms with Gasteiger partial charge in [-0.05, 0) is 35.2 Å². The molecule has 1 aliphatic heterocycles. The quantitative estimate of drug-likeness (QED) is 0.885. The minimum absolute atomic E-state index is 0.0394. The van der Waals surface area contributed by atoms with Crippen molar-refractivity contribution in [3.8, 4) is 0 Å². The van der Waals surface area contributed by atoms with Crippen molar-refractivity contribution in [2.75, 3.05) is 18.5 Å². The second kappa shape index (κ2) is 6.78. The van der Waals surface area contributed by atoms with Crippen LogP contribution in [0, 0.1) is 0 Å². The summed E-state index contributed by atoms with van der Waals surface area (Å²) in [4.78, 5) is 11.8. The zero-order chi connectivity index (χ0) is 15.5. The molecule has 0 bridgehead atoms. The van der Waals surface area contributed by atoms with Gasteiger partial charge in [-0.3, -0.25) is 4.79 Å². The maximum absolute atomic E-state index is 12.3. The number of alkyl halides is 3. The van der Waals surface area contributed by atoms with Gasteiger partial charge in [0.15, 0.2) is 0 Å². The lowest BCUT2D eigenvalue weighted by atomic mass is 10.1. The summed E-state index contributed by atoms with van der Waals surface area (Å²) in [7, 11) is 0. The smallest absolute Gasteiger partial charge is 0.380 e. The Morgan fingerprint density at radius 2 is 2.24 bits per heavy atom. The number of hydrogen-bond donors (Lipinski definition) is 1. The first-order valence-electron chi connectivity index (χ1n) is 6.54. The number of nitrogens with one attached hydrogen (secondary N) is 1. The van der Waals surface area contributed by atoms with Crippen LogP contribution in [0.1, 0.15) is 19.3 Å². The van der Waals surface area contributed by atoms with Gasteiger partial charge >= 0.3 is 6.18 Å². The first kappa shape index (κ1) is 16.3. The molecule has 0 spiro atoms. The maximum atomic E-state index is 12.3. The average molecular weight is 370 g/mol. The summed E-state index contributed by atoms with van der Waals surface area (Å²) in [5, 5.41) is 6.52. The molecule has 1 N–H and O–H groups in total. The monoisotopic (exact) mass is 369 g/mol. The second-order valence-electron chi connectivity index (χ2n) is 4.82. The molecule has 1 aromatic heterocycles. The lowest BCUT2D eigenvalue weighted by Crippen LogP contribution is -2.32. The van der Waals surface area contributed by atoms with E-state index in [-0.39, 0.29) is 10.6 Å². The normalized spacial score (nSPS) is 19.5. The van der Waals surface area contributed by atoms with Crippen molar-refractivity contribution in [3.63, 3.8) is 0 Å². The zero-order valence-electron chi connectivity index (χ0n) is 11.1. The molecule has 2 heterocycles.